The highest BCUT2D eigenvalue weighted by Gasteiger charge is 2.28. The maximum absolute atomic E-state index is 5.90. The fraction of sp³-hybridized carbons (Fsp3) is 0.667. The molecule has 0 aliphatic carbocycles. The predicted octanol–water partition coefficient (Wildman–Crippen LogP) is 1.76. The molecule has 17 heavy (non-hydrogen) atoms. The summed E-state index contributed by atoms with van der Waals surface area (Å²) < 4.78 is 0. The smallest absolute Gasteiger partial charge is 0.133 e. The molecule has 0 aromatic carbocycles. The second kappa shape index (κ2) is 5.69. The Morgan fingerprint density at radius 3 is 3.06 bits per heavy atom. The minimum Gasteiger partial charge on any atom is -0.352 e. The molecule has 1 fully saturated rings. The summed E-state index contributed by atoms with van der Waals surface area (Å²) in [5, 5.41) is 1.02. The van der Waals surface area contributed by atoms with Crippen LogP contribution in [0.1, 0.15) is 19.8 Å². The van der Waals surface area contributed by atoms with E-state index in [1.165, 1.54) is 12.8 Å². The number of thioether (sulfide) groups is 1. The van der Waals surface area contributed by atoms with E-state index >= 15 is 0 Å². The average Bonchev–Trinajstić information content (AvgIpc) is 2.38. The molecule has 2 atom stereocenters. The van der Waals surface area contributed by atoms with Crippen molar-refractivity contribution in [1.29, 1.82) is 0 Å². The number of hydrogen-bond donors (Lipinski definition) is 1. The minimum atomic E-state index is 0.411. The van der Waals surface area contributed by atoms with Crippen molar-refractivity contribution in [3.8, 4) is 0 Å². The van der Waals surface area contributed by atoms with Crippen molar-refractivity contribution >= 4 is 17.6 Å². The van der Waals surface area contributed by atoms with Crippen LogP contribution in [0.25, 0.3) is 0 Å². The summed E-state index contributed by atoms with van der Waals surface area (Å²) in [6.07, 6.45) is 6.16. The van der Waals surface area contributed by atoms with Crippen LogP contribution >= 0.6 is 11.8 Å². The molecule has 2 unspecified atom stereocenters. The Bertz CT molecular complexity index is 371. The van der Waals surface area contributed by atoms with Crippen molar-refractivity contribution in [3.05, 3.63) is 12.4 Å². The van der Waals surface area contributed by atoms with Gasteiger partial charge in [0.1, 0.15) is 17.2 Å². The van der Waals surface area contributed by atoms with Crippen LogP contribution in [0.5, 0.6) is 0 Å². The van der Waals surface area contributed by atoms with Gasteiger partial charge in [0.25, 0.3) is 0 Å². The zero-order chi connectivity index (χ0) is 12.3. The fourth-order valence-corrected chi connectivity index (χ4v) is 2.87. The van der Waals surface area contributed by atoms with Crippen LogP contribution in [0, 0.1) is 5.92 Å². The maximum atomic E-state index is 5.90. The van der Waals surface area contributed by atoms with Crippen molar-refractivity contribution in [2.45, 2.75) is 30.8 Å². The molecular formula is C12H20N4S. The van der Waals surface area contributed by atoms with E-state index in [2.05, 4.69) is 27.9 Å². The first-order valence-electron chi connectivity index (χ1n) is 6.09. The highest BCUT2D eigenvalue weighted by atomic mass is 32.2. The lowest BCUT2D eigenvalue weighted by Gasteiger charge is -2.40. The van der Waals surface area contributed by atoms with E-state index in [-0.39, 0.29) is 0 Å². The molecule has 5 heteroatoms. The highest BCUT2D eigenvalue weighted by molar-refractivity contribution is 7.98. The van der Waals surface area contributed by atoms with Crippen LogP contribution in [0.4, 0.5) is 5.82 Å². The molecule has 2 N–H and O–H groups in total. The molecule has 0 saturated carbocycles. The van der Waals surface area contributed by atoms with Crippen LogP contribution in [0.15, 0.2) is 17.4 Å². The third-order valence-corrected chi connectivity index (χ3v) is 4.13. The van der Waals surface area contributed by atoms with Crippen LogP contribution in [0.3, 0.4) is 0 Å². The number of nitrogens with two attached hydrogens (primary N) is 1. The zero-order valence-electron chi connectivity index (χ0n) is 10.5. The Labute approximate surface area is 107 Å². The van der Waals surface area contributed by atoms with Gasteiger partial charge in [-0.2, -0.15) is 0 Å². The lowest BCUT2D eigenvalue weighted by molar-refractivity contribution is 0.347. The summed E-state index contributed by atoms with van der Waals surface area (Å²) in [4.78, 5) is 10.9. The van der Waals surface area contributed by atoms with Gasteiger partial charge in [0.15, 0.2) is 0 Å². The summed E-state index contributed by atoms with van der Waals surface area (Å²) in [6, 6.07) is 2.47. The molecular weight excluding hydrogens is 232 g/mol. The SMILES string of the molecule is CSc1cc(N2CCCC(C)C2CN)ncn1. The fourth-order valence-electron chi connectivity index (χ4n) is 2.49. The van der Waals surface area contributed by atoms with E-state index in [1.54, 1.807) is 18.1 Å². The Balaban J connectivity index is 2.23. The predicted molar refractivity (Wildman–Crippen MR) is 72.4 cm³/mol. The van der Waals surface area contributed by atoms with E-state index in [0.717, 1.165) is 17.4 Å². The number of nitrogens with zero attached hydrogens (tertiary/aromatic N) is 3. The van der Waals surface area contributed by atoms with Gasteiger partial charge in [0.2, 0.25) is 0 Å². The molecule has 0 radical (unpaired) electrons. The molecule has 1 aliphatic heterocycles. The van der Waals surface area contributed by atoms with Gasteiger partial charge >= 0.3 is 0 Å². The van der Waals surface area contributed by atoms with Gasteiger partial charge in [-0.1, -0.05) is 6.92 Å². The largest absolute Gasteiger partial charge is 0.352 e. The first-order chi connectivity index (χ1) is 8.26. The Hall–Kier alpha value is -0.810. The standard InChI is InChI=1S/C12H20N4S/c1-9-4-3-5-16(10(9)7-13)11-6-12(17-2)15-8-14-11/h6,8-10H,3-5,7,13H2,1-2H3. The van der Waals surface area contributed by atoms with E-state index in [1.807, 2.05) is 6.26 Å². The second-order valence-corrected chi connectivity index (χ2v) is 5.36. The molecule has 1 aliphatic rings. The summed E-state index contributed by atoms with van der Waals surface area (Å²) in [7, 11) is 0. The molecule has 0 bridgehead atoms. The minimum absolute atomic E-state index is 0.411. The van der Waals surface area contributed by atoms with Crippen molar-refractivity contribution in [1.82, 2.24) is 9.97 Å². The summed E-state index contributed by atoms with van der Waals surface area (Å²) in [5.74, 6) is 1.66. The van der Waals surface area contributed by atoms with Crippen molar-refractivity contribution in [2.75, 3.05) is 24.2 Å². The monoisotopic (exact) mass is 252 g/mol. The van der Waals surface area contributed by atoms with Gasteiger partial charge < -0.3 is 10.6 Å². The molecule has 1 saturated heterocycles. The maximum Gasteiger partial charge on any atom is 0.133 e. The van der Waals surface area contributed by atoms with E-state index < -0.39 is 0 Å². The Morgan fingerprint density at radius 1 is 1.53 bits per heavy atom. The summed E-state index contributed by atoms with van der Waals surface area (Å²) >= 11 is 1.65. The second-order valence-electron chi connectivity index (χ2n) is 4.53. The molecule has 4 nitrogen and oxygen atoms in total. The van der Waals surface area contributed by atoms with Crippen LogP contribution in [0.2, 0.25) is 0 Å². The van der Waals surface area contributed by atoms with E-state index in [0.29, 0.717) is 18.5 Å². The van der Waals surface area contributed by atoms with Crippen molar-refractivity contribution in [3.63, 3.8) is 0 Å². The lowest BCUT2D eigenvalue weighted by Crippen LogP contribution is -2.49. The van der Waals surface area contributed by atoms with Gasteiger partial charge in [0, 0.05) is 25.2 Å². The first kappa shape index (κ1) is 12.6. The average molecular weight is 252 g/mol. The van der Waals surface area contributed by atoms with Gasteiger partial charge in [0.05, 0.1) is 0 Å². The van der Waals surface area contributed by atoms with Gasteiger partial charge in [-0.25, -0.2) is 9.97 Å². The van der Waals surface area contributed by atoms with Crippen molar-refractivity contribution in [2.24, 2.45) is 11.7 Å². The normalized spacial score (nSPS) is 25.0. The number of hydrogen-bond acceptors (Lipinski definition) is 5. The lowest BCUT2D eigenvalue weighted by atomic mass is 9.91. The third-order valence-electron chi connectivity index (χ3n) is 3.49. The van der Waals surface area contributed by atoms with Gasteiger partial charge in [-0.05, 0) is 25.0 Å². The van der Waals surface area contributed by atoms with Crippen LogP contribution in [-0.2, 0) is 0 Å². The molecule has 0 amide bonds. The first-order valence-corrected chi connectivity index (χ1v) is 7.31. The van der Waals surface area contributed by atoms with E-state index in [4.69, 9.17) is 5.73 Å². The number of rotatable bonds is 3. The molecule has 94 valence electrons. The molecule has 1 aromatic rings. The van der Waals surface area contributed by atoms with Gasteiger partial charge in [-0.3, -0.25) is 0 Å². The topological polar surface area (TPSA) is 55.0 Å². The number of anilines is 1. The van der Waals surface area contributed by atoms with Crippen molar-refractivity contribution < 1.29 is 0 Å². The molecule has 2 rings (SSSR count). The molecule has 2 heterocycles. The third kappa shape index (κ3) is 2.72. The van der Waals surface area contributed by atoms with E-state index in [9.17, 15) is 0 Å². The quantitative estimate of drug-likeness (QED) is 0.656. The van der Waals surface area contributed by atoms with Gasteiger partial charge in [-0.15, -0.1) is 11.8 Å². The number of piperidine rings is 1. The summed E-state index contributed by atoms with van der Waals surface area (Å²) in [6.45, 7) is 4.02. The van der Waals surface area contributed by atoms with Crippen LogP contribution < -0.4 is 10.6 Å². The summed E-state index contributed by atoms with van der Waals surface area (Å²) in [5.41, 5.74) is 5.90. The van der Waals surface area contributed by atoms with Crippen LogP contribution in [-0.4, -0.2) is 35.4 Å². The Morgan fingerprint density at radius 2 is 2.35 bits per heavy atom. The Kier molecular flexibility index (Phi) is 4.23. The zero-order valence-corrected chi connectivity index (χ0v) is 11.3. The molecule has 1 aromatic heterocycles. The molecule has 0 spiro atoms. The highest BCUT2D eigenvalue weighted by Crippen LogP contribution is 2.28. The number of aromatic nitrogens is 2.